The highest BCUT2D eigenvalue weighted by Gasteiger charge is 2.32. The molecule has 0 aromatic rings. The number of alkyl halides is 2. The lowest BCUT2D eigenvalue weighted by Gasteiger charge is -2.33. The molecule has 0 bridgehead atoms. The van der Waals surface area contributed by atoms with E-state index in [4.69, 9.17) is 41.4 Å². The summed E-state index contributed by atoms with van der Waals surface area (Å²) in [7, 11) is -4.80. The van der Waals surface area contributed by atoms with Gasteiger partial charge in [-0.3, -0.25) is 4.57 Å². The van der Waals surface area contributed by atoms with Crippen molar-refractivity contribution >= 4 is 30.9 Å². The van der Waals surface area contributed by atoms with Crippen molar-refractivity contribution in [3.05, 3.63) is 0 Å². The van der Waals surface area contributed by atoms with Gasteiger partial charge in [-0.15, -0.1) is 23.2 Å². The van der Waals surface area contributed by atoms with E-state index in [9.17, 15) is 4.57 Å². The van der Waals surface area contributed by atoms with Crippen molar-refractivity contribution in [2.45, 2.75) is 6.37 Å². The zero-order valence-corrected chi connectivity index (χ0v) is 9.29. The van der Waals surface area contributed by atoms with Gasteiger partial charge in [-0.25, -0.2) is 9.76 Å². The van der Waals surface area contributed by atoms with E-state index in [2.05, 4.69) is 0 Å². The van der Waals surface area contributed by atoms with Crippen LogP contribution < -0.4 is 5.09 Å². The minimum absolute atomic E-state index is 0.0209. The highest BCUT2D eigenvalue weighted by Crippen LogP contribution is 2.47. The van der Waals surface area contributed by atoms with Gasteiger partial charge in [0, 0.05) is 44.9 Å². The number of hydrogen-bond donors (Lipinski definition) is 1. The third-order valence-corrected chi connectivity index (χ3v) is 3.25. The van der Waals surface area contributed by atoms with E-state index in [-0.39, 0.29) is 4.67 Å². The Morgan fingerprint density at radius 1 is 1.64 bits per heavy atom. The van der Waals surface area contributed by atoms with Gasteiger partial charge in [-0.2, -0.15) is 0 Å². The van der Waals surface area contributed by atoms with E-state index in [1.165, 1.54) is 0 Å². The Balaban J connectivity index is 3.38. The molecule has 1 aliphatic heterocycles. The molecule has 1 atom stereocenters. The second kappa shape index (κ2) is 6.31. The predicted octanol–water partition coefficient (Wildman–Crippen LogP) is 1.88. The minimum atomic E-state index is -4.80. The van der Waals surface area contributed by atoms with E-state index in [1.807, 2.05) is 0 Å². The van der Waals surface area contributed by atoms with Crippen LogP contribution in [-0.4, -0.2) is 42.5 Å². The smallest absolute Gasteiger partial charge is 0.306 e. The van der Waals surface area contributed by atoms with E-state index in [0.29, 0.717) is 0 Å². The lowest BCUT2D eigenvalue weighted by molar-refractivity contribution is 0.233. The summed E-state index contributed by atoms with van der Waals surface area (Å²) >= 11 is 10.7. The largest absolute Gasteiger partial charge is 0.343 e. The molecule has 0 spiro atoms. The van der Waals surface area contributed by atoms with Crippen LogP contribution in [0.5, 0.6) is 0 Å². The first-order chi connectivity index (χ1) is 10.3. The van der Waals surface area contributed by atoms with Crippen molar-refractivity contribution in [1.29, 1.82) is 0 Å². The molecule has 1 unspecified atom stereocenters. The van der Waals surface area contributed by atoms with Crippen molar-refractivity contribution in [3.63, 3.8) is 0 Å². The summed E-state index contributed by atoms with van der Waals surface area (Å²) in [6, 6.07) is 0. The fourth-order valence-electron chi connectivity index (χ4n) is 0.732. The van der Waals surface area contributed by atoms with Crippen LogP contribution in [0.4, 0.5) is 0 Å². The molecule has 14 heavy (non-hydrogen) atoms. The van der Waals surface area contributed by atoms with Crippen molar-refractivity contribution < 1.29 is 22.8 Å². The summed E-state index contributed by atoms with van der Waals surface area (Å²) in [5.41, 5.74) is 0. The number of halogens is 2. The molecule has 1 fully saturated rings. The predicted molar refractivity (Wildman–Crippen MR) is 59.2 cm³/mol. The summed E-state index contributed by atoms with van der Waals surface area (Å²) in [6.45, 7) is -8.48. The van der Waals surface area contributed by atoms with Gasteiger partial charge < -0.3 is 4.52 Å². The highest BCUT2D eigenvalue weighted by molar-refractivity contribution is 7.54. The monoisotopic (exact) mass is 270 g/mol. The third kappa shape index (κ3) is 3.37. The van der Waals surface area contributed by atoms with Crippen LogP contribution in [0.2, 0.25) is 0 Å². The maximum Gasteiger partial charge on any atom is 0.343 e. The summed E-state index contributed by atoms with van der Waals surface area (Å²) in [6.07, 6.45) is -2.63. The molecule has 0 amide bonds. The van der Waals surface area contributed by atoms with Gasteiger partial charge in [0.1, 0.15) is 0 Å². The summed E-state index contributed by atoms with van der Waals surface area (Å²) in [5, 5.41) is 1.69. The van der Waals surface area contributed by atoms with Crippen LogP contribution in [0.15, 0.2) is 0 Å². The average molecular weight is 271 g/mol. The van der Waals surface area contributed by atoms with Crippen LogP contribution in [-0.2, 0) is 9.09 Å². The Hall–Kier alpha value is 0.690. The number of nitrogens with zero attached hydrogens (tertiary/aromatic N) is 1. The Labute approximate surface area is 108 Å². The Bertz CT molecular complexity index is 536. The Kier molecular flexibility index (Phi) is 2.04. The zero-order valence-electron chi connectivity index (χ0n) is 16.9. The fourth-order valence-corrected chi connectivity index (χ4v) is 2.32. The SMILES string of the molecule is [2H]C([2H])(Cl)CN(C([2H])([2H])C([2H])([2H])Cl)P1(=O)NC([2H])([2H])C([2H])([2H])CO1. The first-order valence-electron chi connectivity index (χ1n) is 8.45. The van der Waals surface area contributed by atoms with Crippen LogP contribution in [0, 0.1) is 0 Å². The van der Waals surface area contributed by atoms with Gasteiger partial charge in [0.05, 0.1) is 6.61 Å². The number of rotatable bonds is 5. The lowest BCUT2D eigenvalue weighted by atomic mass is 10.5. The first-order valence-corrected chi connectivity index (χ1v) is 5.79. The van der Waals surface area contributed by atoms with E-state index in [0.717, 1.165) is 0 Å². The first kappa shape index (κ1) is 4.52. The van der Waals surface area contributed by atoms with Gasteiger partial charge in [0.15, 0.2) is 0 Å². The van der Waals surface area contributed by atoms with E-state index in [1.54, 1.807) is 5.09 Å². The molecule has 0 aliphatic carbocycles. The van der Waals surface area contributed by atoms with Gasteiger partial charge >= 0.3 is 7.67 Å². The number of hydrogen-bond acceptors (Lipinski definition) is 2. The van der Waals surface area contributed by atoms with Crippen LogP contribution >= 0.6 is 30.9 Å². The average Bonchev–Trinajstić information content (AvgIpc) is 2.29. The molecular weight excluding hydrogens is 246 g/mol. The maximum atomic E-state index is 12.9. The molecular formula is C7H15Cl2N2O2P. The summed E-state index contributed by atoms with van der Waals surface area (Å²) in [4.78, 5) is 0. The zero-order chi connectivity index (χ0) is 19.4. The van der Waals surface area contributed by atoms with E-state index < -0.39 is 51.9 Å². The van der Waals surface area contributed by atoms with Crippen molar-refractivity contribution in [2.75, 3.05) is 37.8 Å². The molecule has 1 saturated heterocycles. The van der Waals surface area contributed by atoms with Gasteiger partial charge in [-0.05, 0) is 6.37 Å². The molecule has 4 nitrogen and oxygen atoms in total. The quantitative estimate of drug-likeness (QED) is 0.612. The van der Waals surface area contributed by atoms with Crippen LogP contribution in [0.3, 0.4) is 0 Å². The molecule has 0 aromatic carbocycles. The maximum absolute atomic E-state index is 12.9. The molecule has 1 aliphatic rings. The normalized spacial score (nSPS) is 49.1. The molecule has 1 N–H and O–H groups in total. The minimum Gasteiger partial charge on any atom is -0.306 e. The second-order valence-corrected chi connectivity index (χ2v) is 4.57. The molecule has 0 saturated carbocycles. The van der Waals surface area contributed by atoms with Crippen LogP contribution in [0.1, 0.15) is 20.1 Å². The summed E-state index contributed by atoms with van der Waals surface area (Å²) < 4.78 is 92.6. The van der Waals surface area contributed by atoms with Crippen LogP contribution in [0.25, 0.3) is 0 Å². The van der Waals surface area contributed by atoms with Gasteiger partial charge in [-0.1, -0.05) is 0 Å². The lowest BCUT2D eigenvalue weighted by Crippen LogP contribution is -2.35. The standard InChI is InChI=1S/C7H15Cl2N2O2P/c8-2-5-11(6-3-9)14(12)10-4-1-7-13-14/h1-7H2,(H,10,12)/i1D2,2D2,3D2,4D2,5D2. The van der Waals surface area contributed by atoms with Crippen molar-refractivity contribution in [3.8, 4) is 0 Å². The molecule has 1 heterocycles. The molecule has 1 rings (SSSR count). The van der Waals surface area contributed by atoms with Gasteiger partial charge in [0.25, 0.3) is 0 Å². The Morgan fingerprint density at radius 3 is 3.00 bits per heavy atom. The van der Waals surface area contributed by atoms with Crippen molar-refractivity contribution in [2.24, 2.45) is 0 Å². The van der Waals surface area contributed by atoms with Crippen molar-refractivity contribution in [1.82, 2.24) is 9.76 Å². The van der Waals surface area contributed by atoms with E-state index >= 15 is 0 Å². The molecule has 0 radical (unpaired) electrons. The second-order valence-electron chi connectivity index (χ2n) is 2.11. The van der Waals surface area contributed by atoms with Gasteiger partial charge in [0.2, 0.25) is 0 Å². The fraction of sp³-hybridized carbons (Fsp3) is 1.00. The highest BCUT2D eigenvalue weighted by atomic mass is 35.5. The molecule has 0 aromatic heterocycles. The Morgan fingerprint density at radius 2 is 2.43 bits per heavy atom. The molecule has 84 valence electrons. The third-order valence-electron chi connectivity index (χ3n) is 1.30. The molecule has 7 heteroatoms. The topological polar surface area (TPSA) is 41.6 Å². The summed E-state index contributed by atoms with van der Waals surface area (Å²) in [5.74, 6) is -5.87. The number of nitrogens with one attached hydrogen (secondary N) is 1.